The lowest BCUT2D eigenvalue weighted by molar-refractivity contribution is -0.137. The molecule has 2 rings (SSSR count). The van der Waals surface area contributed by atoms with Crippen LogP contribution in [0, 0.1) is 0 Å². The summed E-state index contributed by atoms with van der Waals surface area (Å²) in [6.07, 6.45) is -2.25. The van der Waals surface area contributed by atoms with Crippen molar-refractivity contribution in [2.75, 3.05) is 12.9 Å². The molecule has 1 aromatic heterocycles. The van der Waals surface area contributed by atoms with Gasteiger partial charge in [-0.25, -0.2) is 8.42 Å². The van der Waals surface area contributed by atoms with E-state index in [-0.39, 0.29) is 24.1 Å². The first-order chi connectivity index (χ1) is 11.6. The van der Waals surface area contributed by atoms with E-state index in [2.05, 4.69) is 16.5 Å². The van der Waals surface area contributed by atoms with Crippen molar-refractivity contribution in [1.29, 1.82) is 0 Å². The minimum Gasteiger partial charge on any atom is -0.473 e. The van der Waals surface area contributed by atoms with E-state index in [0.717, 1.165) is 24.5 Å². The highest BCUT2D eigenvalue weighted by molar-refractivity contribution is 7.90. The Labute approximate surface area is 141 Å². The number of alkyl halides is 3. The van der Waals surface area contributed by atoms with E-state index in [1.54, 1.807) is 0 Å². The fourth-order valence-electron chi connectivity index (χ4n) is 1.68. The van der Waals surface area contributed by atoms with Gasteiger partial charge in [0, 0.05) is 6.26 Å². The second kappa shape index (κ2) is 7.09. The Hall–Kier alpha value is -2.62. The first-order valence-corrected chi connectivity index (χ1v) is 8.66. The lowest BCUT2D eigenvalue weighted by Crippen LogP contribution is -2.08. The standard InChI is InChI=1S/C15H13F3N2O4S/c1-3-7-23-12-9-13(20-14(19-12)25(2,21)22)24-11-6-4-5-10(8-11)15(16,17)18/h3-6,8-9H,1,7H2,2H3. The molecule has 6 nitrogen and oxygen atoms in total. The average molecular weight is 374 g/mol. The summed E-state index contributed by atoms with van der Waals surface area (Å²) >= 11 is 0. The van der Waals surface area contributed by atoms with Crippen LogP contribution in [0.2, 0.25) is 0 Å². The summed E-state index contributed by atoms with van der Waals surface area (Å²) in [7, 11) is -3.78. The number of nitrogens with zero attached hydrogens (tertiary/aromatic N) is 2. The maximum absolute atomic E-state index is 12.7. The summed E-state index contributed by atoms with van der Waals surface area (Å²) in [5, 5.41) is -0.573. The van der Waals surface area contributed by atoms with Crippen molar-refractivity contribution in [2.24, 2.45) is 0 Å². The Morgan fingerprint density at radius 3 is 2.48 bits per heavy atom. The van der Waals surface area contributed by atoms with Crippen LogP contribution in [0.5, 0.6) is 17.5 Å². The minimum absolute atomic E-state index is 0.0449. The van der Waals surface area contributed by atoms with Gasteiger partial charge in [-0.15, -0.1) is 0 Å². The molecule has 134 valence electrons. The monoisotopic (exact) mass is 374 g/mol. The van der Waals surface area contributed by atoms with Gasteiger partial charge in [0.05, 0.1) is 11.6 Å². The molecule has 0 atom stereocenters. The zero-order valence-electron chi connectivity index (χ0n) is 12.9. The van der Waals surface area contributed by atoms with Gasteiger partial charge in [0.1, 0.15) is 12.4 Å². The SMILES string of the molecule is C=CCOc1cc(Oc2cccc(C(F)(F)F)c2)nc(S(C)(=O)=O)n1. The van der Waals surface area contributed by atoms with Crippen LogP contribution in [0.25, 0.3) is 0 Å². The molecule has 0 amide bonds. The molecule has 10 heteroatoms. The van der Waals surface area contributed by atoms with Gasteiger partial charge in [0.25, 0.3) is 5.16 Å². The quantitative estimate of drug-likeness (QED) is 0.571. The molecule has 0 fully saturated rings. The minimum atomic E-state index is -4.54. The number of hydrogen-bond donors (Lipinski definition) is 0. The summed E-state index contributed by atoms with van der Waals surface area (Å²) in [5.41, 5.74) is -0.912. The molecule has 0 bridgehead atoms. The fourth-order valence-corrected chi connectivity index (χ4v) is 2.19. The molecule has 1 aromatic carbocycles. The van der Waals surface area contributed by atoms with Crippen molar-refractivity contribution in [1.82, 2.24) is 9.97 Å². The smallest absolute Gasteiger partial charge is 0.416 e. The number of hydrogen-bond acceptors (Lipinski definition) is 6. The lowest BCUT2D eigenvalue weighted by atomic mass is 10.2. The van der Waals surface area contributed by atoms with Crippen molar-refractivity contribution < 1.29 is 31.1 Å². The molecule has 0 unspecified atom stereocenters. The van der Waals surface area contributed by atoms with Gasteiger partial charge < -0.3 is 9.47 Å². The highest BCUT2D eigenvalue weighted by Gasteiger charge is 2.30. The van der Waals surface area contributed by atoms with Gasteiger partial charge in [-0.05, 0) is 18.2 Å². The summed E-state index contributed by atoms with van der Waals surface area (Å²) in [6, 6.07) is 5.26. The lowest BCUT2D eigenvalue weighted by Gasteiger charge is -2.11. The molecule has 0 aliphatic heterocycles. The fraction of sp³-hybridized carbons (Fsp3) is 0.200. The Balaban J connectivity index is 2.40. The molecule has 0 aliphatic rings. The third-order valence-electron chi connectivity index (χ3n) is 2.72. The van der Waals surface area contributed by atoms with Crippen LogP contribution in [0.4, 0.5) is 13.2 Å². The largest absolute Gasteiger partial charge is 0.473 e. The summed E-state index contributed by atoms with van der Waals surface area (Å²) < 4.78 is 71.9. The van der Waals surface area contributed by atoms with Gasteiger partial charge in [-0.3, -0.25) is 0 Å². The van der Waals surface area contributed by atoms with Crippen molar-refractivity contribution >= 4 is 9.84 Å². The molecule has 0 N–H and O–H groups in total. The van der Waals surface area contributed by atoms with Crippen LogP contribution >= 0.6 is 0 Å². The summed E-state index contributed by atoms with van der Waals surface area (Å²) in [5.74, 6) is -0.547. The van der Waals surface area contributed by atoms with Crippen LogP contribution < -0.4 is 9.47 Å². The number of ether oxygens (including phenoxy) is 2. The Morgan fingerprint density at radius 2 is 1.88 bits per heavy atom. The second-order valence-electron chi connectivity index (χ2n) is 4.83. The van der Waals surface area contributed by atoms with Gasteiger partial charge in [0.15, 0.2) is 0 Å². The molecule has 0 saturated heterocycles. The molecule has 25 heavy (non-hydrogen) atoms. The summed E-state index contributed by atoms with van der Waals surface area (Å²) in [4.78, 5) is 7.40. The molecule has 0 radical (unpaired) electrons. The molecular formula is C15H13F3N2O4S. The topological polar surface area (TPSA) is 78.4 Å². The van der Waals surface area contributed by atoms with Crippen LogP contribution in [0.1, 0.15) is 5.56 Å². The number of benzene rings is 1. The first-order valence-electron chi connectivity index (χ1n) is 6.77. The maximum Gasteiger partial charge on any atom is 0.416 e. The van der Waals surface area contributed by atoms with E-state index in [1.807, 2.05) is 0 Å². The van der Waals surface area contributed by atoms with Gasteiger partial charge in [-0.1, -0.05) is 18.7 Å². The number of rotatable bonds is 6. The molecule has 1 heterocycles. The molecule has 2 aromatic rings. The highest BCUT2D eigenvalue weighted by atomic mass is 32.2. The average Bonchev–Trinajstić information content (AvgIpc) is 2.51. The van der Waals surface area contributed by atoms with Crippen LogP contribution in [0.3, 0.4) is 0 Å². The normalized spacial score (nSPS) is 11.8. The van der Waals surface area contributed by atoms with E-state index >= 15 is 0 Å². The number of sulfone groups is 1. The maximum atomic E-state index is 12.7. The van der Waals surface area contributed by atoms with Crippen molar-refractivity contribution in [3.8, 4) is 17.5 Å². The van der Waals surface area contributed by atoms with Crippen molar-refractivity contribution in [3.05, 3.63) is 48.6 Å². The van der Waals surface area contributed by atoms with E-state index in [1.165, 1.54) is 18.2 Å². The first kappa shape index (κ1) is 18.7. The van der Waals surface area contributed by atoms with E-state index < -0.39 is 26.7 Å². The zero-order chi connectivity index (χ0) is 18.7. The Kier molecular flexibility index (Phi) is 5.31. The number of aromatic nitrogens is 2. The predicted octanol–water partition coefficient (Wildman–Crippen LogP) is 3.26. The number of halogens is 3. The second-order valence-corrected chi connectivity index (χ2v) is 6.74. The summed E-state index contributed by atoms with van der Waals surface area (Å²) in [6.45, 7) is 3.49. The van der Waals surface area contributed by atoms with E-state index in [9.17, 15) is 21.6 Å². The predicted molar refractivity (Wildman–Crippen MR) is 82.4 cm³/mol. The van der Waals surface area contributed by atoms with Crippen molar-refractivity contribution in [2.45, 2.75) is 11.3 Å². The van der Waals surface area contributed by atoms with E-state index in [0.29, 0.717) is 0 Å². The van der Waals surface area contributed by atoms with E-state index in [4.69, 9.17) is 9.47 Å². The van der Waals surface area contributed by atoms with Gasteiger partial charge >= 0.3 is 6.18 Å². The third kappa shape index (κ3) is 5.18. The Morgan fingerprint density at radius 1 is 1.20 bits per heavy atom. The Bertz CT molecular complexity index is 883. The van der Waals surface area contributed by atoms with Crippen molar-refractivity contribution in [3.63, 3.8) is 0 Å². The zero-order valence-corrected chi connectivity index (χ0v) is 13.8. The molecule has 0 saturated carbocycles. The van der Waals surface area contributed by atoms with Crippen LogP contribution in [-0.4, -0.2) is 31.2 Å². The van der Waals surface area contributed by atoms with Gasteiger partial charge in [0.2, 0.25) is 21.6 Å². The third-order valence-corrected chi connectivity index (χ3v) is 3.57. The van der Waals surface area contributed by atoms with Crippen LogP contribution in [0.15, 0.2) is 48.1 Å². The highest BCUT2D eigenvalue weighted by Crippen LogP contribution is 2.32. The van der Waals surface area contributed by atoms with Crippen LogP contribution in [-0.2, 0) is 16.0 Å². The molecule has 0 aliphatic carbocycles. The molecule has 0 spiro atoms. The van der Waals surface area contributed by atoms with Gasteiger partial charge in [-0.2, -0.15) is 23.1 Å². The molecular weight excluding hydrogens is 361 g/mol.